The first-order valence-corrected chi connectivity index (χ1v) is 2.35. The largest absolute Gasteiger partial charge is 1.00 e. The fraction of sp³-hybridized carbons (Fsp3) is 0. The molecule has 0 spiro atoms. The Morgan fingerprint density at radius 3 is 1.29 bits per heavy atom. The molecule has 0 aromatic rings. The first-order chi connectivity index (χ1) is 2.00. The summed E-state index contributed by atoms with van der Waals surface area (Å²) in [7, 11) is -4.64. The minimum Gasteiger partial charge on any atom is -1.00 e. The third-order valence-corrected chi connectivity index (χ3v) is 0. The first-order valence-electron chi connectivity index (χ1n) is 0.783. The fourth-order valence-electron chi connectivity index (χ4n) is 0. The molecule has 0 saturated carbocycles. The van der Waals surface area contributed by atoms with Crippen LogP contribution < -0.4 is 29.6 Å². The quantitative estimate of drug-likeness (QED) is 0.314. The van der Waals surface area contributed by atoms with Crippen LogP contribution in [0.25, 0.3) is 0 Å². The van der Waals surface area contributed by atoms with Crippen molar-refractivity contribution >= 4 is 7.82 Å². The van der Waals surface area contributed by atoms with Crippen molar-refractivity contribution in [2.75, 3.05) is 0 Å². The van der Waals surface area contributed by atoms with Crippen LogP contribution in [0.15, 0.2) is 0 Å². The summed E-state index contributed by atoms with van der Waals surface area (Å²) in [5.74, 6) is 0. The molecule has 0 unspecified atom stereocenters. The molecule has 0 atom stereocenters. The van der Waals surface area contributed by atoms with Gasteiger partial charge in [-0.05, 0) is 0 Å². The van der Waals surface area contributed by atoms with Crippen molar-refractivity contribution in [3.8, 4) is 0 Å². The van der Waals surface area contributed by atoms with Gasteiger partial charge in [-0.2, -0.15) is 0 Å². The Balaban J connectivity index is -0.0000000267. The number of rotatable bonds is 0. The number of phosphoric acid groups is 1. The third kappa shape index (κ3) is 58.9. The summed E-state index contributed by atoms with van der Waals surface area (Å²) in [4.78, 5) is 21.6. The van der Waals surface area contributed by atoms with Crippen LogP contribution >= 0.6 is 7.82 Å². The summed E-state index contributed by atoms with van der Waals surface area (Å²) in [5.41, 5.74) is 0. The second-order valence-corrected chi connectivity index (χ2v) is 1.54. The molecule has 0 aliphatic carbocycles. The molecule has 7 heteroatoms. The van der Waals surface area contributed by atoms with E-state index in [9.17, 15) is 0 Å². The van der Waals surface area contributed by atoms with E-state index >= 15 is 0 Å². The van der Waals surface area contributed by atoms with Crippen molar-refractivity contribution in [1.29, 1.82) is 0 Å². The molecule has 7 heavy (non-hydrogen) atoms. The van der Waals surface area contributed by atoms with Gasteiger partial charge >= 0.3 is 37.4 Å². The molecule has 0 bridgehead atoms. The van der Waals surface area contributed by atoms with E-state index in [4.69, 9.17) is 19.2 Å². The zero-order valence-electron chi connectivity index (χ0n) is 4.55. The average molecular weight is 279 g/mol. The van der Waals surface area contributed by atoms with Crippen molar-refractivity contribution in [2.45, 2.75) is 0 Å². The minimum absolute atomic E-state index is 0. The van der Waals surface area contributed by atoms with Crippen molar-refractivity contribution < 1.29 is 90.2 Å². The normalized spacial score (nSPS) is 8.43. The van der Waals surface area contributed by atoms with Crippen molar-refractivity contribution in [1.82, 2.24) is 0 Å². The van der Waals surface area contributed by atoms with Gasteiger partial charge in [0, 0.05) is 39.9 Å². The maximum atomic E-state index is 8.88. The van der Waals surface area contributed by atoms with E-state index in [0.29, 0.717) is 0 Å². The monoisotopic (exact) mass is 280 g/mol. The molecule has 0 heterocycles. The van der Waals surface area contributed by atoms with Crippen LogP contribution in [0.2, 0.25) is 0 Å². The second-order valence-electron chi connectivity index (χ2n) is 0.513. The Hall–Kier alpha value is 2.43. The maximum absolute atomic E-state index is 8.88. The molecular weight excluding hydrogens is 275 g/mol. The van der Waals surface area contributed by atoms with Gasteiger partial charge in [0.2, 0.25) is 0 Å². The zero-order chi connectivity index (χ0) is 4.50. The van der Waals surface area contributed by atoms with Crippen molar-refractivity contribution in [3.63, 3.8) is 0 Å². The van der Waals surface area contributed by atoms with E-state index in [0.717, 1.165) is 0 Å². The fourth-order valence-corrected chi connectivity index (χ4v) is 0. The SMILES string of the molecule is O=P(O)(O)O.[Gd].[H-].[Na+]. The predicted molar refractivity (Wildman–Crippen MR) is 15.4 cm³/mol. The molecule has 0 aromatic carbocycles. The van der Waals surface area contributed by atoms with Gasteiger partial charge in [0.25, 0.3) is 0 Å². The molecule has 0 amide bonds. The molecule has 0 saturated heterocycles. The predicted octanol–water partition coefficient (Wildman–Crippen LogP) is -3.81. The van der Waals surface area contributed by atoms with Crippen LogP contribution in [0.5, 0.6) is 0 Å². The van der Waals surface area contributed by atoms with E-state index in [1.165, 1.54) is 0 Å². The molecule has 42 valence electrons. The third-order valence-electron chi connectivity index (χ3n) is 0. The van der Waals surface area contributed by atoms with Crippen LogP contribution in [0, 0.1) is 39.9 Å². The summed E-state index contributed by atoms with van der Waals surface area (Å²) < 4.78 is 8.88. The van der Waals surface area contributed by atoms with Gasteiger partial charge in [-0.15, -0.1) is 0 Å². The molecule has 3 N–H and O–H groups in total. The minimum atomic E-state index is -4.64. The first kappa shape index (κ1) is 16.2. The van der Waals surface area contributed by atoms with Gasteiger partial charge < -0.3 is 16.1 Å². The van der Waals surface area contributed by atoms with Gasteiger partial charge in [-0.3, -0.25) is 0 Å². The van der Waals surface area contributed by atoms with Crippen LogP contribution in [0.4, 0.5) is 0 Å². The van der Waals surface area contributed by atoms with Gasteiger partial charge in [0.05, 0.1) is 0 Å². The van der Waals surface area contributed by atoms with Crippen molar-refractivity contribution in [2.24, 2.45) is 0 Å². The van der Waals surface area contributed by atoms with Gasteiger partial charge in [0.1, 0.15) is 0 Å². The molecule has 0 aliphatic heterocycles. The topological polar surface area (TPSA) is 77.8 Å². The number of hydrogen-bond donors (Lipinski definition) is 3. The smallest absolute Gasteiger partial charge is 1.00 e. The van der Waals surface area contributed by atoms with E-state index in [2.05, 4.69) is 0 Å². The maximum Gasteiger partial charge on any atom is 1.00 e. The second kappa shape index (κ2) is 6.55. The van der Waals surface area contributed by atoms with Crippen LogP contribution in [0.3, 0.4) is 0 Å². The van der Waals surface area contributed by atoms with E-state index in [1.54, 1.807) is 0 Å². The molecule has 4 nitrogen and oxygen atoms in total. The average Bonchev–Trinajstić information content (AvgIpc) is 0.722. The van der Waals surface area contributed by atoms with Gasteiger partial charge in [-0.25, -0.2) is 4.57 Å². The van der Waals surface area contributed by atoms with Crippen LogP contribution in [-0.4, -0.2) is 14.7 Å². The summed E-state index contributed by atoms with van der Waals surface area (Å²) in [6.07, 6.45) is 0. The van der Waals surface area contributed by atoms with Gasteiger partial charge in [0.15, 0.2) is 0 Å². The standard InChI is InChI=1S/Gd.Na.H3O4P.H/c;;1-5(2,3)4;/h;;(H3,1,2,3,4);/q;+1;;-1. The summed E-state index contributed by atoms with van der Waals surface area (Å²) >= 11 is 0. The van der Waals surface area contributed by atoms with E-state index in [1.807, 2.05) is 0 Å². The Morgan fingerprint density at radius 1 is 1.29 bits per heavy atom. The zero-order valence-corrected chi connectivity index (χ0v) is 8.71. The Morgan fingerprint density at radius 2 is 1.29 bits per heavy atom. The van der Waals surface area contributed by atoms with Crippen LogP contribution in [0.1, 0.15) is 1.43 Å². The summed E-state index contributed by atoms with van der Waals surface area (Å²) in [5, 5.41) is 0. The van der Waals surface area contributed by atoms with Gasteiger partial charge in [-0.1, -0.05) is 0 Å². The molecule has 0 fully saturated rings. The molecular formula is H4GdNaO4P. The molecule has 0 aliphatic rings. The van der Waals surface area contributed by atoms with E-state index in [-0.39, 0.29) is 70.9 Å². The van der Waals surface area contributed by atoms with E-state index < -0.39 is 7.82 Å². The number of hydrogen-bond acceptors (Lipinski definition) is 1. The van der Waals surface area contributed by atoms with Crippen molar-refractivity contribution in [3.05, 3.63) is 0 Å². The Labute approximate surface area is 96.4 Å². The van der Waals surface area contributed by atoms with Crippen LogP contribution in [-0.2, 0) is 4.57 Å². The Kier molecular flexibility index (Phi) is 15.2. The Bertz CT molecular complexity index is 62.2. The summed E-state index contributed by atoms with van der Waals surface area (Å²) in [6, 6.07) is 0. The molecule has 0 rings (SSSR count). The summed E-state index contributed by atoms with van der Waals surface area (Å²) in [6.45, 7) is 0. The molecule has 0 aromatic heterocycles. The molecule has 0 radical (unpaired) electrons.